The van der Waals surface area contributed by atoms with Gasteiger partial charge in [0.15, 0.2) is 0 Å². The lowest BCUT2D eigenvalue weighted by Crippen LogP contribution is -2.47. The van der Waals surface area contributed by atoms with E-state index in [0.29, 0.717) is 48.0 Å². The zero-order valence-corrected chi connectivity index (χ0v) is 15.2. The van der Waals surface area contributed by atoms with Crippen molar-refractivity contribution >= 4 is 39.1 Å². The van der Waals surface area contributed by atoms with E-state index < -0.39 is 10.0 Å². The van der Waals surface area contributed by atoms with Crippen LogP contribution in [0.15, 0.2) is 18.2 Å². The molecule has 0 aliphatic carbocycles. The third-order valence-electron chi connectivity index (χ3n) is 3.76. The maximum Gasteiger partial charge on any atom is 0.255 e. The third-order valence-corrected chi connectivity index (χ3v) is 5.95. The second-order valence-corrected chi connectivity index (χ2v) is 8.34. The number of piperidine rings is 1. The van der Waals surface area contributed by atoms with E-state index in [1.165, 1.54) is 0 Å². The first kappa shape index (κ1) is 18.5. The van der Waals surface area contributed by atoms with Crippen LogP contribution < -0.4 is 4.72 Å². The first-order valence-electron chi connectivity index (χ1n) is 7.56. The van der Waals surface area contributed by atoms with Crippen molar-refractivity contribution in [3.63, 3.8) is 0 Å². The Morgan fingerprint density at radius 3 is 2.52 bits per heavy atom. The average Bonchev–Trinajstić information content (AvgIpc) is 2.47. The number of nitrogens with zero attached hydrogens (tertiary/aromatic N) is 1. The monoisotopic (exact) mass is 378 g/mol. The highest BCUT2D eigenvalue weighted by Crippen LogP contribution is 2.23. The van der Waals surface area contributed by atoms with Crippen molar-refractivity contribution in [2.24, 2.45) is 0 Å². The summed E-state index contributed by atoms with van der Waals surface area (Å²) in [5, 5.41) is 0.809. The van der Waals surface area contributed by atoms with E-state index in [4.69, 9.17) is 23.2 Å². The van der Waals surface area contributed by atoms with Gasteiger partial charge in [-0.1, -0.05) is 30.1 Å². The molecule has 1 amide bonds. The van der Waals surface area contributed by atoms with Gasteiger partial charge >= 0.3 is 0 Å². The first-order valence-corrected chi connectivity index (χ1v) is 9.97. The molecule has 1 saturated heterocycles. The van der Waals surface area contributed by atoms with Gasteiger partial charge in [-0.3, -0.25) is 4.79 Å². The number of carbonyl (C=O) groups excluding carboxylic acids is 1. The second-order valence-electron chi connectivity index (χ2n) is 5.63. The number of nitrogens with one attached hydrogen (secondary N) is 1. The summed E-state index contributed by atoms with van der Waals surface area (Å²) in [7, 11) is -3.22. The lowest BCUT2D eigenvalue weighted by molar-refractivity contribution is 0.0711. The van der Waals surface area contributed by atoms with Gasteiger partial charge in [-0.25, -0.2) is 13.1 Å². The average molecular weight is 379 g/mol. The number of rotatable bonds is 5. The Kier molecular flexibility index (Phi) is 6.31. The second kappa shape index (κ2) is 7.83. The lowest BCUT2D eigenvalue weighted by Gasteiger charge is -2.32. The molecule has 1 aliphatic rings. The number of likely N-dealkylation sites (tertiary alicyclic amines) is 1. The largest absolute Gasteiger partial charge is 0.338 e. The minimum Gasteiger partial charge on any atom is -0.338 e. The molecule has 0 unspecified atom stereocenters. The number of sulfonamides is 1. The molecule has 0 spiro atoms. The fraction of sp³-hybridized carbons (Fsp3) is 0.533. The number of benzene rings is 1. The molecule has 0 bridgehead atoms. The van der Waals surface area contributed by atoms with Gasteiger partial charge in [-0.2, -0.15) is 0 Å². The molecule has 5 nitrogen and oxygen atoms in total. The summed E-state index contributed by atoms with van der Waals surface area (Å²) in [6.45, 7) is 2.82. The van der Waals surface area contributed by atoms with Crippen LogP contribution in [-0.2, 0) is 10.0 Å². The van der Waals surface area contributed by atoms with Crippen LogP contribution in [0.5, 0.6) is 0 Å². The first-order chi connectivity index (χ1) is 10.8. The zero-order valence-electron chi connectivity index (χ0n) is 12.9. The number of hydrogen-bond donors (Lipinski definition) is 1. The maximum absolute atomic E-state index is 12.5. The van der Waals surface area contributed by atoms with Crippen LogP contribution in [0, 0.1) is 0 Å². The van der Waals surface area contributed by atoms with Crippen LogP contribution in [0.25, 0.3) is 0 Å². The summed E-state index contributed by atoms with van der Waals surface area (Å²) in [6, 6.07) is 4.67. The summed E-state index contributed by atoms with van der Waals surface area (Å²) in [6.07, 6.45) is 1.78. The Morgan fingerprint density at radius 1 is 1.30 bits per heavy atom. The van der Waals surface area contributed by atoms with Crippen molar-refractivity contribution in [3.05, 3.63) is 33.8 Å². The lowest BCUT2D eigenvalue weighted by atomic mass is 10.0. The van der Waals surface area contributed by atoms with Gasteiger partial charge in [0, 0.05) is 24.2 Å². The molecule has 2 rings (SSSR count). The Hall–Kier alpha value is -0.820. The molecule has 8 heteroatoms. The molecule has 1 heterocycles. The van der Waals surface area contributed by atoms with E-state index in [1.54, 1.807) is 23.1 Å². The van der Waals surface area contributed by atoms with Crippen molar-refractivity contribution in [2.45, 2.75) is 32.2 Å². The van der Waals surface area contributed by atoms with Crippen LogP contribution in [0.2, 0.25) is 10.0 Å². The SMILES string of the molecule is CCCS(=O)(=O)NC1CCN(C(=O)c2ccc(Cl)cc2Cl)CC1. The maximum atomic E-state index is 12.5. The Bertz CT molecular complexity index is 671. The summed E-state index contributed by atoms with van der Waals surface area (Å²) in [5.74, 6) is -0.0199. The van der Waals surface area contributed by atoms with Crippen molar-refractivity contribution in [1.82, 2.24) is 9.62 Å². The zero-order chi connectivity index (χ0) is 17.0. The van der Waals surface area contributed by atoms with Gasteiger partial charge in [-0.15, -0.1) is 0 Å². The smallest absolute Gasteiger partial charge is 0.255 e. The van der Waals surface area contributed by atoms with E-state index in [2.05, 4.69) is 4.72 Å². The van der Waals surface area contributed by atoms with Gasteiger partial charge in [-0.05, 0) is 37.5 Å². The van der Waals surface area contributed by atoms with Crippen LogP contribution in [-0.4, -0.2) is 44.1 Å². The molecule has 0 aromatic heterocycles. The van der Waals surface area contributed by atoms with Crippen LogP contribution >= 0.6 is 23.2 Å². The summed E-state index contributed by atoms with van der Waals surface area (Å²) in [4.78, 5) is 14.2. The van der Waals surface area contributed by atoms with E-state index in [9.17, 15) is 13.2 Å². The Balaban J connectivity index is 1.95. The number of halogens is 2. The van der Waals surface area contributed by atoms with E-state index in [0.717, 1.165) is 0 Å². The highest BCUT2D eigenvalue weighted by molar-refractivity contribution is 7.89. The minimum atomic E-state index is -3.22. The van der Waals surface area contributed by atoms with Gasteiger partial charge in [0.1, 0.15) is 0 Å². The Labute approximate surface area is 147 Å². The molecule has 0 saturated carbocycles. The molecule has 0 atom stereocenters. The quantitative estimate of drug-likeness (QED) is 0.856. The fourth-order valence-corrected chi connectivity index (χ4v) is 4.50. The highest BCUT2D eigenvalue weighted by atomic mass is 35.5. The van der Waals surface area contributed by atoms with Crippen molar-refractivity contribution in [1.29, 1.82) is 0 Å². The molecule has 1 aromatic rings. The molecule has 1 N–H and O–H groups in total. The van der Waals surface area contributed by atoms with Crippen molar-refractivity contribution < 1.29 is 13.2 Å². The number of amides is 1. The van der Waals surface area contributed by atoms with Crippen LogP contribution in [0.4, 0.5) is 0 Å². The predicted octanol–water partition coefficient (Wildman–Crippen LogP) is 2.93. The standard InChI is InChI=1S/C15H20Cl2N2O3S/c1-2-9-23(21,22)18-12-5-7-19(8-6-12)15(20)13-4-3-11(16)10-14(13)17/h3-4,10,12,18H,2,5-9H2,1H3. The fourth-order valence-electron chi connectivity index (χ4n) is 2.62. The number of carbonyl (C=O) groups is 1. The highest BCUT2D eigenvalue weighted by Gasteiger charge is 2.27. The van der Waals surface area contributed by atoms with E-state index >= 15 is 0 Å². The molecule has 23 heavy (non-hydrogen) atoms. The van der Waals surface area contributed by atoms with Gasteiger partial charge in [0.25, 0.3) is 5.91 Å². The van der Waals surface area contributed by atoms with Crippen LogP contribution in [0.3, 0.4) is 0 Å². The number of hydrogen-bond acceptors (Lipinski definition) is 3. The molecule has 128 valence electrons. The predicted molar refractivity (Wildman–Crippen MR) is 92.6 cm³/mol. The molecule has 0 radical (unpaired) electrons. The molecule has 1 aliphatic heterocycles. The van der Waals surface area contributed by atoms with Gasteiger partial charge < -0.3 is 4.90 Å². The summed E-state index contributed by atoms with van der Waals surface area (Å²) >= 11 is 11.9. The normalized spacial score (nSPS) is 16.6. The summed E-state index contributed by atoms with van der Waals surface area (Å²) < 4.78 is 26.3. The third kappa shape index (κ3) is 5.08. The molecule has 1 fully saturated rings. The minimum absolute atomic E-state index is 0.115. The van der Waals surface area contributed by atoms with E-state index in [-0.39, 0.29) is 17.7 Å². The molecular weight excluding hydrogens is 359 g/mol. The van der Waals surface area contributed by atoms with E-state index in [1.807, 2.05) is 6.92 Å². The van der Waals surface area contributed by atoms with Crippen LogP contribution in [0.1, 0.15) is 36.5 Å². The van der Waals surface area contributed by atoms with Gasteiger partial charge in [0.05, 0.1) is 16.3 Å². The summed E-state index contributed by atoms with van der Waals surface area (Å²) in [5.41, 5.74) is 0.418. The topological polar surface area (TPSA) is 66.5 Å². The molecule has 1 aromatic carbocycles. The van der Waals surface area contributed by atoms with Crippen molar-refractivity contribution in [2.75, 3.05) is 18.8 Å². The molecular formula is C15H20Cl2N2O3S. The van der Waals surface area contributed by atoms with Gasteiger partial charge in [0.2, 0.25) is 10.0 Å². The Morgan fingerprint density at radius 2 is 1.96 bits per heavy atom. The van der Waals surface area contributed by atoms with Crippen molar-refractivity contribution in [3.8, 4) is 0 Å².